The molecule has 0 unspecified atom stereocenters. The number of hydrogen-bond acceptors (Lipinski definition) is 7. The molecule has 2 atom stereocenters. The van der Waals surface area contributed by atoms with Crippen LogP contribution in [0.25, 0.3) is 0 Å². The number of nitrogens with zero attached hydrogens (tertiary/aromatic N) is 3. The average Bonchev–Trinajstić information content (AvgIpc) is 2.80. The van der Waals surface area contributed by atoms with Gasteiger partial charge in [-0.2, -0.15) is 0 Å². The highest BCUT2D eigenvalue weighted by Gasteiger charge is 2.38. The fourth-order valence-electron chi connectivity index (χ4n) is 4.05. The number of hydrogen-bond donors (Lipinski definition) is 2. The zero-order valence-corrected chi connectivity index (χ0v) is 18.3. The van der Waals surface area contributed by atoms with Crippen LogP contribution in [0, 0.1) is 34.1 Å². The minimum atomic E-state index is -0.772. The second-order valence-electron chi connectivity index (χ2n) is 8.13. The summed E-state index contributed by atoms with van der Waals surface area (Å²) in [4.78, 5) is 49.0. The number of benzene rings is 2. The molecule has 0 bridgehead atoms. The lowest BCUT2D eigenvalue weighted by Crippen LogP contribution is -2.61. The quantitative estimate of drug-likeness (QED) is 0.510. The first-order chi connectivity index (χ1) is 16.2. The van der Waals surface area contributed by atoms with Gasteiger partial charge in [0, 0.05) is 17.8 Å². The summed E-state index contributed by atoms with van der Waals surface area (Å²) in [6.07, 6.45) is 6.91. The van der Waals surface area contributed by atoms with E-state index < -0.39 is 45.1 Å². The Morgan fingerprint density at radius 1 is 1.06 bits per heavy atom. The Bertz CT molecular complexity index is 1250. The molecular weight excluding hydrogens is 442 g/mol. The Kier molecular flexibility index (Phi) is 5.84. The molecule has 0 spiro atoms. The highest BCUT2D eigenvalue weighted by atomic mass is 16.6. The van der Waals surface area contributed by atoms with Crippen molar-refractivity contribution in [2.24, 2.45) is 0 Å². The number of piperazine rings is 1. The molecule has 2 aliphatic rings. The maximum atomic E-state index is 13.3. The Hall–Kier alpha value is -4.54. The maximum absolute atomic E-state index is 13.3. The number of fused-ring (bicyclic) bond motifs is 1. The predicted molar refractivity (Wildman–Crippen MR) is 124 cm³/mol. The first-order valence-corrected chi connectivity index (χ1v) is 10.4. The van der Waals surface area contributed by atoms with Crippen LogP contribution >= 0.6 is 0 Å². The van der Waals surface area contributed by atoms with Crippen LogP contribution in [-0.2, 0) is 4.79 Å². The van der Waals surface area contributed by atoms with E-state index in [1.54, 1.807) is 43.4 Å². The lowest BCUT2D eigenvalue weighted by molar-refractivity contribution is -0.392. The molecule has 4 rings (SSSR count). The Morgan fingerprint density at radius 2 is 1.71 bits per heavy atom. The van der Waals surface area contributed by atoms with Crippen LogP contribution in [0.5, 0.6) is 0 Å². The van der Waals surface area contributed by atoms with Gasteiger partial charge < -0.3 is 15.5 Å². The molecule has 0 aromatic heterocycles. The van der Waals surface area contributed by atoms with Gasteiger partial charge in [-0.1, -0.05) is 36.4 Å². The molecule has 1 saturated heterocycles. The molecule has 1 fully saturated rings. The van der Waals surface area contributed by atoms with Crippen LogP contribution in [0.15, 0.2) is 54.6 Å². The molecule has 1 aliphatic heterocycles. The van der Waals surface area contributed by atoms with Crippen molar-refractivity contribution in [3.63, 3.8) is 0 Å². The summed E-state index contributed by atoms with van der Waals surface area (Å²) >= 11 is 0. The summed E-state index contributed by atoms with van der Waals surface area (Å²) in [6, 6.07) is 6.40. The fraction of sp³-hybridized carbons (Fsp3) is 0.217. The summed E-state index contributed by atoms with van der Waals surface area (Å²) < 4.78 is 0. The third-order valence-electron chi connectivity index (χ3n) is 5.76. The first-order valence-electron chi connectivity index (χ1n) is 10.4. The number of carbonyl (C=O) groups excluding carboxylic acids is 2. The Labute approximate surface area is 194 Å². The van der Waals surface area contributed by atoms with Crippen molar-refractivity contribution >= 4 is 34.6 Å². The van der Waals surface area contributed by atoms with Gasteiger partial charge in [0.25, 0.3) is 5.91 Å². The molecule has 11 nitrogen and oxygen atoms in total. The number of rotatable bonds is 5. The van der Waals surface area contributed by atoms with E-state index in [2.05, 4.69) is 10.6 Å². The van der Waals surface area contributed by atoms with E-state index in [1.807, 2.05) is 13.0 Å². The summed E-state index contributed by atoms with van der Waals surface area (Å²) in [7, 11) is 0. The molecule has 1 aliphatic carbocycles. The molecule has 11 heteroatoms. The van der Waals surface area contributed by atoms with E-state index in [4.69, 9.17) is 0 Å². The van der Waals surface area contributed by atoms with Crippen molar-refractivity contribution in [3.8, 4) is 0 Å². The number of nitrogens with one attached hydrogen (secondary N) is 2. The second-order valence-corrected chi connectivity index (χ2v) is 8.13. The molecule has 0 saturated carbocycles. The van der Waals surface area contributed by atoms with Gasteiger partial charge in [-0.15, -0.1) is 0 Å². The van der Waals surface area contributed by atoms with E-state index in [9.17, 15) is 29.8 Å². The molecule has 2 aromatic carbocycles. The van der Waals surface area contributed by atoms with E-state index in [-0.39, 0.29) is 17.8 Å². The molecule has 2 N–H and O–H groups in total. The van der Waals surface area contributed by atoms with Crippen molar-refractivity contribution in [3.05, 3.63) is 91.6 Å². The van der Waals surface area contributed by atoms with Crippen LogP contribution in [0.2, 0.25) is 0 Å². The fourth-order valence-corrected chi connectivity index (χ4v) is 4.05. The molecule has 34 heavy (non-hydrogen) atoms. The minimum Gasteiger partial charge on any atom is -0.346 e. The van der Waals surface area contributed by atoms with Crippen LogP contribution in [0.1, 0.15) is 21.5 Å². The molecule has 0 radical (unpaired) electrons. The van der Waals surface area contributed by atoms with Crippen LogP contribution < -0.4 is 10.6 Å². The van der Waals surface area contributed by atoms with Crippen LogP contribution in [0.3, 0.4) is 0 Å². The minimum absolute atomic E-state index is 0.249. The SMILES string of the molecule is Cc1ccc(C)c(Nc2c([N+](=O)[O-])cc(C(=O)N3CC(=O)N[C@@H]4C=CC=C[C@@H]43)cc2[N+](=O)[O-])c1. The second kappa shape index (κ2) is 8.77. The number of aryl methyl sites for hydroxylation is 2. The van der Waals surface area contributed by atoms with E-state index in [1.165, 1.54) is 4.90 Å². The van der Waals surface area contributed by atoms with E-state index in [0.29, 0.717) is 5.69 Å². The maximum Gasteiger partial charge on any atom is 0.300 e. The largest absolute Gasteiger partial charge is 0.346 e. The molecular formula is C23H21N5O6. The van der Waals surface area contributed by atoms with Gasteiger partial charge in [0.1, 0.15) is 6.54 Å². The van der Waals surface area contributed by atoms with Crippen molar-refractivity contribution in [2.45, 2.75) is 25.9 Å². The van der Waals surface area contributed by atoms with Gasteiger partial charge in [0.05, 0.1) is 27.5 Å². The monoisotopic (exact) mass is 463 g/mol. The number of nitro benzene ring substituents is 2. The number of carbonyl (C=O) groups is 2. The lowest BCUT2D eigenvalue weighted by Gasteiger charge is -2.39. The van der Waals surface area contributed by atoms with Crippen molar-refractivity contribution < 1.29 is 19.4 Å². The van der Waals surface area contributed by atoms with Gasteiger partial charge >= 0.3 is 11.4 Å². The lowest BCUT2D eigenvalue weighted by atomic mass is 9.97. The van der Waals surface area contributed by atoms with Gasteiger partial charge in [0.15, 0.2) is 5.69 Å². The average molecular weight is 463 g/mol. The molecule has 1 heterocycles. The molecule has 174 valence electrons. The van der Waals surface area contributed by atoms with Crippen LogP contribution in [0.4, 0.5) is 22.7 Å². The number of nitro groups is 2. The van der Waals surface area contributed by atoms with Gasteiger partial charge in [-0.3, -0.25) is 29.8 Å². The van der Waals surface area contributed by atoms with Gasteiger partial charge in [-0.25, -0.2) is 0 Å². The Morgan fingerprint density at radius 3 is 2.35 bits per heavy atom. The van der Waals surface area contributed by atoms with Gasteiger partial charge in [0.2, 0.25) is 5.91 Å². The Balaban J connectivity index is 1.79. The number of anilines is 2. The standard InChI is InChI=1S/C23H21N5O6/c1-13-7-8-14(2)17(9-13)25-22-19(27(31)32)10-15(11-20(22)28(33)34)23(30)26-12-21(29)24-16-5-3-4-6-18(16)26/h3-11,16,18,25H,12H2,1-2H3,(H,24,29)/t16-,18+/m1/s1. The summed E-state index contributed by atoms with van der Waals surface area (Å²) in [6.45, 7) is 3.32. The summed E-state index contributed by atoms with van der Waals surface area (Å²) in [5.74, 6) is -1.11. The zero-order valence-electron chi connectivity index (χ0n) is 18.3. The predicted octanol–water partition coefficient (Wildman–Crippen LogP) is 3.30. The third-order valence-corrected chi connectivity index (χ3v) is 5.76. The highest BCUT2D eigenvalue weighted by molar-refractivity contribution is 6.00. The highest BCUT2D eigenvalue weighted by Crippen LogP contribution is 2.39. The normalized spacial score (nSPS) is 18.8. The van der Waals surface area contributed by atoms with Crippen molar-refractivity contribution in [1.82, 2.24) is 10.2 Å². The smallest absolute Gasteiger partial charge is 0.300 e. The number of allylic oxidation sites excluding steroid dienone is 2. The third kappa shape index (κ3) is 4.22. The topological polar surface area (TPSA) is 148 Å². The summed E-state index contributed by atoms with van der Waals surface area (Å²) in [5, 5.41) is 29.4. The molecule has 2 amide bonds. The molecule has 2 aromatic rings. The summed E-state index contributed by atoms with van der Waals surface area (Å²) in [5.41, 5.74) is 0.261. The van der Waals surface area contributed by atoms with Crippen molar-refractivity contribution in [1.29, 1.82) is 0 Å². The van der Waals surface area contributed by atoms with Gasteiger partial charge in [-0.05, 0) is 31.0 Å². The first kappa shape index (κ1) is 22.6. The van der Waals surface area contributed by atoms with Crippen molar-refractivity contribution in [2.75, 3.05) is 11.9 Å². The van der Waals surface area contributed by atoms with E-state index >= 15 is 0 Å². The zero-order chi connectivity index (χ0) is 24.6. The number of amides is 2. The van der Waals surface area contributed by atoms with Crippen LogP contribution in [-0.4, -0.2) is 45.2 Å². The van der Waals surface area contributed by atoms with E-state index in [0.717, 1.165) is 23.3 Å².